The van der Waals surface area contributed by atoms with Gasteiger partial charge in [-0.05, 0) is 20.5 Å². The van der Waals surface area contributed by atoms with Gasteiger partial charge in [-0.1, -0.05) is 27.7 Å². The molecule has 4 nitrogen and oxygen atoms in total. The molecule has 1 saturated heterocycles. The van der Waals surface area contributed by atoms with Crippen LogP contribution in [0.1, 0.15) is 45.2 Å². The fourth-order valence-corrected chi connectivity index (χ4v) is 4.20. The number of anilines is 1. The maximum atomic E-state index is 5.02. The van der Waals surface area contributed by atoms with Crippen molar-refractivity contribution >= 4 is 16.5 Å². The largest absolute Gasteiger partial charge is 0.343 e. The van der Waals surface area contributed by atoms with E-state index in [1.807, 2.05) is 11.3 Å². The van der Waals surface area contributed by atoms with E-state index >= 15 is 0 Å². The number of hydrogen-bond acceptors (Lipinski definition) is 5. The van der Waals surface area contributed by atoms with E-state index in [0.717, 1.165) is 32.7 Å². The molecular formula is C16H30N4S. The molecule has 1 unspecified atom stereocenters. The van der Waals surface area contributed by atoms with E-state index in [-0.39, 0.29) is 5.41 Å². The Morgan fingerprint density at radius 3 is 2.62 bits per heavy atom. The van der Waals surface area contributed by atoms with Gasteiger partial charge in [-0.2, -0.15) is 0 Å². The Bertz CT molecular complexity index is 463. The minimum atomic E-state index is 0.106. The van der Waals surface area contributed by atoms with Crippen LogP contribution in [0.2, 0.25) is 0 Å². The van der Waals surface area contributed by atoms with Gasteiger partial charge in [0.2, 0.25) is 0 Å². The van der Waals surface area contributed by atoms with Gasteiger partial charge in [0, 0.05) is 42.5 Å². The fourth-order valence-electron chi connectivity index (χ4n) is 2.83. The van der Waals surface area contributed by atoms with E-state index in [9.17, 15) is 0 Å². The normalized spacial score (nSPS) is 21.0. The zero-order chi connectivity index (χ0) is 15.6. The Hall–Kier alpha value is -0.650. The number of nitrogens with zero attached hydrogens (tertiary/aromatic N) is 3. The highest BCUT2D eigenvalue weighted by molar-refractivity contribution is 7.15. The van der Waals surface area contributed by atoms with Crippen molar-refractivity contribution in [3.8, 4) is 0 Å². The van der Waals surface area contributed by atoms with Crippen molar-refractivity contribution in [2.75, 3.05) is 38.1 Å². The minimum absolute atomic E-state index is 0.106. The summed E-state index contributed by atoms with van der Waals surface area (Å²) in [5, 5.41) is 4.66. The lowest BCUT2D eigenvalue weighted by Crippen LogP contribution is -2.50. The topological polar surface area (TPSA) is 31.4 Å². The fraction of sp³-hybridized carbons (Fsp3) is 0.812. The van der Waals surface area contributed by atoms with E-state index in [4.69, 9.17) is 4.98 Å². The second kappa shape index (κ2) is 6.63. The number of rotatable bonds is 4. The molecule has 0 aromatic carbocycles. The Morgan fingerprint density at radius 2 is 2.05 bits per heavy atom. The summed E-state index contributed by atoms with van der Waals surface area (Å²) in [4.78, 5) is 11.3. The van der Waals surface area contributed by atoms with E-state index < -0.39 is 0 Å². The van der Waals surface area contributed by atoms with Crippen LogP contribution >= 0.6 is 11.3 Å². The molecular weight excluding hydrogens is 280 g/mol. The molecule has 0 radical (unpaired) electrons. The van der Waals surface area contributed by atoms with Crippen LogP contribution in [0.25, 0.3) is 0 Å². The summed E-state index contributed by atoms with van der Waals surface area (Å²) in [5.41, 5.74) is 1.37. The predicted octanol–water partition coefficient (Wildman–Crippen LogP) is 2.69. The lowest BCUT2D eigenvalue weighted by molar-refractivity contribution is 0.275. The van der Waals surface area contributed by atoms with Gasteiger partial charge >= 0.3 is 0 Å². The Labute approximate surface area is 133 Å². The standard InChI is InChI=1S/C16H30N4S/c1-7-17-10-13-14(16(3,4)5)18-15(21-13)20-9-8-19(6)11-12(20)2/h12,17H,7-11H2,1-6H3. The summed E-state index contributed by atoms with van der Waals surface area (Å²) in [7, 11) is 2.20. The van der Waals surface area contributed by atoms with Crippen molar-refractivity contribution in [3.05, 3.63) is 10.6 Å². The average molecular weight is 311 g/mol. The second-order valence-electron chi connectivity index (χ2n) is 7.10. The molecule has 0 bridgehead atoms. The van der Waals surface area contributed by atoms with Crippen LogP contribution in [-0.4, -0.2) is 49.2 Å². The van der Waals surface area contributed by atoms with Crippen LogP contribution in [0.15, 0.2) is 0 Å². The Kier molecular flexibility index (Phi) is 5.28. The minimum Gasteiger partial charge on any atom is -0.343 e. The van der Waals surface area contributed by atoms with Crippen molar-refractivity contribution < 1.29 is 0 Å². The third-order valence-corrected chi connectivity index (χ3v) is 5.10. The monoisotopic (exact) mass is 310 g/mol. The molecule has 1 aliphatic rings. The molecule has 1 atom stereocenters. The Morgan fingerprint density at radius 1 is 1.33 bits per heavy atom. The van der Waals surface area contributed by atoms with Crippen molar-refractivity contribution in [3.63, 3.8) is 0 Å². The summed E-state index contributed by atoms with van der Waals surface area (Å²) >= 11 is 1.87. The number of hydrogen-bond donors (Lipinski definition) is 1. The van der Waals surface area contributed by atoms with Gasteiger partial charge in [0.05, 0.1) is 5.69 Å². The highest BCUT2D eigenvalue weighted by Gasteiger charge is 2.28. The number of thiazole rings is 1. The van der Waals surface area contributed by atoms with E-state index in [1.165, 1.54) is 15.7 Å². The summed E-state index contributed by atoms with van der Waals surface area (Å²) in [6.45, 7) is 16.5. The molecule has 0 spiro atoms. The molecule has 2 rings (SSSR count). The van der Waals surface area contributed by atoms with Gasteiger partial charge in [0.15, 0.2) is 5.13 Å². The second-order valence-corrected chi connectivity index (χ2v) is 8.17. The first kappa shape index (κ1) is 16.7. The van der Waals surface area contributed by atoms with Gasteiger partial charge in [0.25, 0.3) is 0 Å². The maximum Gasteiger partial charge on any atom is 0.186 e. The van der Waals surface area contributed by atoms with Crippen LogP contribution in [0, 0.1) is 0 Å². The summed E-state index contributed by atoms with van der Waals surface area (Å²) in [6, 6.07) is 0.537. The zero-order valence-electron chi connectivity index (χ0n) is 14.4. The van der Waals surface area contributed by atoms with E-state index in [2.05, 4.69) is 56.8 Å². The molecule has 1 N–H and O–H groups in total. The molecule has 1 aromatic heterocycles. The number of nitrogens with one attached hydrogen (secondary N) is 1. The predicted molar refractivity (Wildman–Crippen MR) is 92.5 cm³/mol. The first-order valence-electron chi connectivity index (χ1n) is 7.99. The third-order valence-electron chi connectivity index (χ3n) is 4.01. The third kappa shape index (κ3) is 3.96. The van der Waals surface area contributed by atoms with Crippen LogP contribution in [0.3, 0.4) is 0 Å². The van der Waals surface area contributed by atoms with Crippen LogP contribution in [-0.2, 0) is 12.0 Å². The quantitative estimate of drug-likeness (QED) is 0.926. The number of likely N-dealkylation sites (N-methyl/N-ethyl adjacent to an activating group) is 1. The zero-order valence-corrected chi connectivity index (χ0v) is 15.2. The molecule has 1 aliphatic heterocycles. The van der Waals surface area contributed by atoms with Gasteiger partial charge in [-0.3, -0.25) is 0 Å². The molecule has 2 heterocycles. The summed E-state index contributed by atoms with van der Waals surface area (Å²) in [6.07, 6.45) is 0. The number of piperazine rings is 1. The van der Waals surface area contributed by atoms with Crippen LogP contribution in [0.5, 0.6) is 0 Å². The van der Waals surface area contributed by atoms with E-state index in [0.29, 0.717) is 6.04 Å². The molecule has 0 saturated carbocycles. The first-order valence-corrected chi connectivity index (χ1v) is 8.80. The summed E-state index contributed by atoms with van der Waals surface area (Å²) in [5.74, 6) is 0. The lowest BCUT2D eigenvalue weighted by atomic mass is 9.91. The van der Waals surface area contributed by atoms with Crippen LogP contribution in [0.4, 0.5) is 5.13 Å². The number of aromatic nitrogens is 1. The van der Waals surface area contributed by atoms with Crippen LogP contribution < -0.4 is 10.2 Å². The highest BCUT2D eigenvalue weighted by atomic mass is 32.1. The van der Waals surface area contributed by atoms with Crippen molar-refractivity contribution in [1.29, 1.82) is 0 Å². The van der Waals surface area contributed by atoms with Crippen molar-refractivity contribution in [2.24, 2.45) is 0 Å². The van der Waals surface area contributed by atoms with Gasteiger partial charge < -0.3 is 15.1 Å². The average Bonchev–Trinajstić information content (AvgIpc) is 2.80. The van der Waals surface area contributed by atoms with Crippen molar-refractivity contribution in [1.82, 2.24) is 15.2 Å². The SMILES string of the molecule is CCNCc1sc(N2CCN(C)CC2C)nc1C(C)(C)C. The maximum absolute atomic E-state index is 5.02. The lowest BCUT2D eigenvalue weighted by Gasteiger charge is -2.38. The van der Waals surface area contributed by atoms with E-state index in [1.54, 1.807) is 0 Å². The molecule has 120 valence electrons. The summed E-state index contributed by atoms with van der Waals surface area (Å²) < 4.78 is 0. The molecule has 1 fully saturated rings. The molecule has 5 heteroatoms. The van der Waals surface area contributed by atoms with Crippen molar-refractivity contribution in [2.45, 2.75) is 52.6 Å². The molecule has 0 amide bonds. The van der Waals surface area contributed by atoms with Gasteiger partial charge in [-0.25, -0.2) is 4.98 Å². The van der Waals surface area contributed by atoms with Gasteiger partial charge in [0.1, 0.15) is 0 Å². The molecule has 1 aromatic rings. The van der Waals surface area contributed by atoms with Gasteiger partial charge in [-0.15, -0.1) is 11.3 Å². The Balaban J connectivity index is 2.26. The molecule has 0 aliphatic carbocycles. The molecule has 21 heavy (non-hydrogen) atoms. The smallest absolute Gasteiger partial charge is 0.186 e. The first-order chi connectivity index (χ1) is 9.82. The highest BCUT2D eigenvalue weighted by Crippen LogP contribution is 2.35.